The number of para-hydroxylation sites is 1. The number of ether oxygens (including phenoxy) is 2. The van der Waals surface area contributed by atoms with E-state index in [4.69, 9.17) is 9.47 Å². The van der Waals surface area contributed by atoms with Crippen LogP contribution in [0.25, 0.3) is 0 Å². The number of rotatable bonds is 13. The number of esters is 1. The molecule has 394 valence electrons. The normalized spacial score (nSPS) is 22.1. The van der Waals surface area contributed by atoms with Crippen molar-refractivity contribution >= 4 is 35.5 Å². The second kappa shape index (κ2) is 22.5. The number of aliphatic hydroxyl groups is 1. The molecule has 3 fully saturated rings. The maximum absolute atomic E-state index is 17.1. The summed E-state index contributed by atoms with van der Waals surface area (Å²) in [5.74, 6) is 4.20. The van der Waals surface area contributed by atoms with Crippen molar-refractivity contribution in [1.82, 2.24) is 30.0 Å². The minimum Gasteiger partial charge on any atom is -0.491 e. The number of urea groups is 1. The van der Waals surface area contributed by atoms with Crippen LogP contribution < -0.4 is 19.9 Å². The zero-order valence-corrected chi connectivity index (χ0v) is 43.5. The summed E-state index contributed by atoms with van der Waals surface area (Å²) < 4.78 is 13.2. The number of aliphatic hydroxyl groups excluding tert-OH is 1. The average molecular weight is 1040 g/mol. The highest BCUT2D eigenvalue weighted by molar-refractivity contribution is 6.24. The van der Waals surface area contributed by atoms with Crippen molar-refractivity contribution in [3.8, 4) is 17.6 Å². The van der Waals surface area contributed by atoms with Gasteiger partial charge in [-0.15, -0.1) is 0 Å². The lowest BCUT2D eigenvalue weighted by Gasteiger charge is -2.46. The first-order chi connectivity index (χ1) is 38.2. The molecule has 7 atom stereocenters. The molecule has 0 unspecified atom stereocenters. The SMILES string of the molecule is C[C@@H](NC(=O)N1C(=O)[C@@]2(c3cc(C#CCN(C)Cc4ccccc4)ccc31)[C@H](c1ccccc1OCCO)N1[C@H](c3ccccc3)[C@H](c3ccccc3)OC(=O)[C@H]1[C@@H]2C(=O)N1CCN(c2ncccn2)CC1)c1ccccc1. The molecule has 6 aromatic carbocycles. The first kappa shape index (κ1) is 51.4. The molecule has 7 aromatic rings. The molecule has 0 saturated carbocycles. The summed E-state index contributed by atoms with van der Waals surface area (Å²) >= 11 is 0. The number of hydrogen-bond donors (Lipinski definition) is 2. The van der Waals surface area contributed by atoms with E-state index in [2.05, 4.69) is 44.2 Å². The van der Waals surface area contributed by atoms with Crippen LogP contribution in [0.1, 0.15) is 70.1 Å². The van der Waals surface area contributed by atoms with Crippen molar-refractivity contribution in [3.05, 3.63) is 221 Å². The average Bonchev–Trinajstić information content (AvgIpc) is 3.74. The van der Waals surface area contributed by atoms with Gasteiger partial charge in [0.25, 0.3) is 0 Å². The van der Waals surface area contributed by atoms with Gasteiger partial charge in [0.1, 0.15) is 29.9 Å². The van der Waals surface area contributed by atoms with Crippen LogP contribution in [0.4, 0.5) is 16.4 Å². The quantitative estimate of drug-likeness (QED) is 0.0853. The van der Waals surface area contributed by atoms with Crippen molar-refractivity contribution < 1.29 is 33.8 Å². The van der Waals surface area contributed by atoms with Crippen LogP contribution in [0.2, 0.25) is 0 Å². The van der Waals surface area contributed by atoms with Gasteiger partial charge >= 0.3 is 12.0 Å². The number of nitrogens with zero attached hydrogens (tertiary/aromatic N) is 7. The number of imide groups is 1. The third-order valence-electron chi connectivity index (χ3n) is 15.4. The largest absolute Gasteiger partial charge is 0.491 e. The fourth-order valence-corrected chi connectivity index (χ4v) is 12.0. The smallest absolute Gasteiger partial charge is 0.329 e. The van der Waals surface area contributed by atoms with Crippen molar-refractivity contribution in [2.45, 2.75) is 49.2 Å². The fraction of sp³-hybridized carbons (Fsp3) is 0.270. The van der Waals surface area contributed by atoms with Gasteiger partial charge in [0.15, 0.2) is 0 Å². The Morgan fingerprint density at radius 3 is 2.13 bits per heavy atom. The minimum absolute atomic E-state index is 0.0936. The van der Waals surface area contributed by atoms with Crippen LogP contribution in [0.3, 0.4) is 0 Å². The molecule has 1 spiro atoms. The van der Waals surface area contributed by atoms with E-state index in [0.717, 1.165) is 21.6 Å². The summed E-state index contributed by atoms with van der Waals surface area (Å²) in [6.07, 6.45) is 2.41. The molecule has 4 aliphatic heterocycles. The van der Waals surface area contributed by atoms with Gasteiger partial charge in [0, 0.05) is 56.2 Å². The van der Waals surface area contributed by atoms with E-state index in [1.165, 1.54) is 0 Å². The number of cyclic esters (lactones) is 1. The summed E-state index contributed by atoms with van der Waals surface area (Å²) in [5, 5.41) is 13.4. The molecule has 0 bridgehead atoms. The van der Waals surface area contributed by atoms with E-state index in [-0.39, 0.29) is 32.0 Å². The minimum atomic E-state index is -2.05. The van der Waals surface area contributed by atoms with Gasteiger partial charge < -0.3 is 29.7 Å². The molecule has 15 heteroatoms. The number of anilines is 2. The molecule has 4 aliphatic rings. The molecule has 0 radical (unpaired) electrons. The number of aromatic nitrogens is 2. The van der Waals surface area contributed by atoms with Crippen molar-refractivity contribution in [1.29, 1.82) is 0 Å². The first-order valence-electron chi connectivity index (χ1n) is 26.4. The number of benzene rings is 6. The number of nitrogens with one attached hydrogen (secondary N) is 1. The standard InChI is InChI=1S/C63H60N8O7/c1-43(46-22-9-4-10-23-46)66-62(76)70-51-31-30-44(21-17-34-67(2)42-45-19-7-3-8-20-45)41-50(51)63(60(70)75)53(58(73)68-35-37-69(38-36-68)61-64-32-18-33-65-61)55-59(74)78-56(48-26-13-6-14-27-48)54(47-24-11-5-12-25-47)71(55)57(63)49-28-15-16-29-52(49)77-40-39-72/h3-16,18-20,22-33,41,43,53-57,72H,34-40,42H2,1-2H3,(H,66,76)/t43-,53-,54-,55-,56+,57+,63-/m1/s1. The van der Waals surface area contributed by atoms with E-state index >= 15 is 19.2 Å². The maximum Gasteiger partial charge on any atom is 0.329 e. The molecule has 11 rings (SSSR count). The Morgan fingerprint density at radius 2 is 1.44 bits per heavy atom. The molecule has 0 aliphatic carbocycles. The van der Waals surface area contributed by atoms with Crippen LogP contribution in [-0.4, -0.2) is 113 Å². The van der Waals surface area contributed by atoms with E-state index < -0.39 is 65.4 Å². The van der Waals surface area contributed by atoms with Gasteiger partial charge in [0.05, 0.1) is 42.9 Å². The number of fused-ring (bicyclic) bond motifs is 3. The second-order valence-electron chi connectivity index (χ2n) is 20.2. The lowest BCUT2D eigenvalue weighted by Crippen LogP contribution is -2.59. The predicted molar refractivity (Wildman–Crippen MR) is 295 cm³/mol. The van der Waals surface area contributed by atoms with Crippen LogP contribution in [0, 0.1) is 17.8 Å². The lowest BCUT2D eigenvalue weighted by molar-refractivity contribution is -0.179. The molecule has 1 aromatic heterocycles. The van der Waals surface area contributed by atoms with Gasteiger partial charge in [-0.2, -0.15) is 0 Å². The van der Waals surface area contributed by atoms with Crippen LogP contribution in [0.5, 0.6) is 5.75 Å². The van der Waals surface area contributed by atoms with Gasteiger partial charge in [-0.3, -0.25) is 24.2 Å². The Balaban J connectivity index is 1.15. The molecule has 3 saturated heterocycles. The number of amides is 4. The Kier molecular flexibility index (Phi) is 14.8. The van der Waals surface area contributed by atoms with Crippen molar-refractivity contribution in [2.75, 3.05) is 62.8 Å². The molecule has 5 heterocycles. The van der Waals surface area contributed by atoms with Crippen LogP contribution in [0.15, 0.2) is 182 Å². The highest BCUT2D eigenvalue weighted by Crippen LogP contribution is 2.67. The summed E-state index contributed by atoms with van der Waals surface area (Å²) in [4.78, 5) is 82.9. The third-order valence-corrected chi connectivity index (χ3v) is 15.4. The highest BCUT2D eigenvalue weighted by Gasteiger charge is 2.76. The van der Waals surface area contributed by atoms with E-state index in [1.54, 1.807) is 47.6 Å². The van der Waals surface area contributed by atoms with Crippen LogP contribution in [-0.2, 0) is 31.1 Å². The van der Waals surface area contributed by atoms with Crippen molar-refractivity contribution in [3.63, 3.8) is 0 Å². The Morgan fingerprint density at radius 1 is 0.795 bits per heavy atom. The summed E-state index contributed by atoms with van der Waals surface area (Å²) in [6.45, 7) is 3.67. The summed E-state index contributed by atoms with van der Waals surface area (Å²) in [6, 6.07) is 48.4. The molecular weight excluding hydrogens is 981 g/mol. The van der Waals surface area contributed by atoms with Gasteiger partial charge in [-0.1, -0.05) is 151 Å². The third kappa shape index (κ3) is 9.63. The molecule has 15 nitrogen and oxygen atoms in total. The number of piperazine rings is 1. The topological polar surface area (TPSA) is 161 Å². The zero-order valence-electron chi connectivity index (χ0n) is 43.5. The summed E-state index contributed by atoms with van der Waals surface area (Å²) in [5.41, 5.74) is 2.97. The van der Waals surface area contributed by atoms with Gasteiger partial charge in [0.2, 0.25) is 17.8 Å². The van der Waals surface area contributed by atoms with E-state index in [0.29, 0.717) is 60.1 Å². The first-order valence-corrected chi connectivity index (χ1v) is 26.4. The highest BCUT2D eigenvalue weighted by atomic mass is 16.6. The van der Waals surface area contributed by atoms with Crippen molar-refractivity contribution in [2.24, 2.45) is 5.92 Å². The Hall–Kier alpha value is -8.68. The molecule has 4 amide bonds. The Bertz CT molecular complexity index is 3340. The number of morpholine rings is 1. The van der Waals surface area contributed by atoms with Crippen LogP contribution >= 0.6 is 0 Å². The zero-order chi connectivity index (χ0) is 53.8. The summed E-state index contributed by atoms with van der Waals surface area (Å²) in [7, 11) is 1.99. The molecular formula is C63H60N8O7. The number of carbonyl (C=O) groups excluding carboxylic acids is 4. The van der Waals surface area contributed by atoms with Gasteiger partial charge in [-0.05, 0) is 72.1 Å². The molecule has 2 N–H and O–H groups in total. The van der Waals surface area contributed by atoms with E-state index in [9.17, 15) is 5.11 Å². The monoisotopic (exact) mass is 1040 g/mol. The lowest BCUT2D eigenvalue weighted by atomic mass is 9.64. The number of carbonyl (C=O) groups is 4. The number of hydrogen-bond acceptors (Lipinski definition) is 12. The molecule has 78 heavy (non-hydrogen) atoms. The fourth-order valence-electron chi connectivity index (χ4n) is 12.0. The van der Waals surface area contributed by atoms with Gasteiger partial charge in [-0.25, -0.2) is 19.7 Å². The predicted octanol–water partition coefficient (Wildman–Crippen LogP) is 7.82. The Labute approximate surface area is 454 Å². The van der Waals surface area contributed by atoms with E-state index in [1.807, 2.05) is 151 Å². The second-order valence-corrected chi connectivity index (χ2v) is 20.2. The maximum atomic E-state index is 17.1.